The maximum absolute atomic E-state index is 12.8. The summed E-state index contributed by atoms with van der Waals surface area (Å²) in [7, 11) is 1.77. The van der Waals surface area contributed by atoms with Crippen LogP contribution in [-0.4, -0.2) is 37.4 Å². The summed E-state index contributed by atoms with van der Waals surface area (Å²) in [6, 6.07) is 11.3. The van der Waals surface area contributed by atoms with E-state index in [1.165, 1.54) is 18.2 Å². The predicted molar refractivity (Wildman–Crippen MR) is 130 cm³/mol. The van der Waals surface area contributed by atoms with E-state index in [4.69, 9.17) is 9.40 Å². The van der Waals surface area contributed by atoms with Gasteiger partial charge in [0.15, 0.2) is 5.16 Å². The van der Waals surface area contributed by atoms with Crippen LogP contribution in [0.25, 0.3) is 10.9 Å². The SMILES string of the molecule is CC1CC(C)CN(c2nnc(SCc3nc4ccccc4c(=O)n3C)n2Cc2ccco2)C1. The molecule has 9 heteroatoms. The zero-order chi connectivity index (χ0) is 22.9. The Morgan fingerprint density at radius 2 is 1.88 bits per heavy atom. The van der Waals surface area contributed by atoms with E-state index >= 15 is 0 Å². The number of benzene rings is 1. The van der Waals surface area contributed by atoms with Crippen molar-refractivity contribution in [3.63, 3.8) is 0 Å². The van der Waals surface area contributed by atoms with Crippen LogP contribution in [-0.2, 0) is 19.3 Å². The lowest BCUT2D eigenvalue weighted by Crippen LogP contribution is -2.40. The molecule has 0 bridgehead atoms. The van der Waals surface area contributed by atoms with Crippen molar-refractivity contribution < 1.29 is 4.42 Å². The molecule has 1 aromatic carbocycles. The van der Waals surface area contributed by atoms with Gasteiger partial charge >= 0.3 is 0 Å². The summed E-state index contributed by atoms with van der Waals surface area (Å²) in [5.41, 5.74) is 0.676. The lowest BCUT2D eigenvalue weighted by atomic mass is 9.92. The fourth-order valence-corrected chi connectivity index (χ4v) is 5.58. The topological polar surface area (TPSA) is 82.0 Å². The molecule has 0 N–H and O–H groups in total. The minimum atomic E-state index is -0.0368. The number of anilines is 1. The van der Waals surface area contributed by atoms with Crippen LogP contribution in [0.15, 0.2) is 57.0 Å². The number of fused-ring (bicyclic) bond motifs is 1. The molecule has 2 unspecified atom stereocenters. The summed E-state index contributed by atoms with van der Waals surface area (Å²) in [5.74, 6) is 4.16. The third kappa shape index (κ3) is 4.42. The molecule has 4 heterocycles. The van der Waals surface area contributed by atoms with E-state index in [1.54, 1.807) is 17.9 Å². The highest BCUT2D eigenvalue weighted by atomic mass is 32.2. The fraction of sp³-hybridized carbons (Fsp3) is 0.417. The fourth-order valence-electron chi connectivity index (χ4n) is 4.67. The van der Waals surface area contributed by atoms with Crippen molar-refractivity contribution in [1.29, 1.82) is 0 Å². The van der Waals surface area contributed by atoms with Crippen LogP contribution in [0.3, 0.4) is 0 Å². The molecule has 2 atom stereocenters. The Hall–Kier alpha value is -3.07. The first-order chi connectivity index (χ1) is 16.0. The maximum Gasteiger partial charge on any atom is 0.261 e. The second kappa shape index (κ2) is 9.05. The van der Waals surface area contributed by atoms with Gasteiger partial charge in [0.2, 0.25) is 5.95 Å². The first kappa shape index (κ1) is 21.8. The minimum Gasteiger partial charge on any atom is -0.467 e. The number of piperidine rings is 1. The molecule has 172 valence electrons. The summed E-state index contributed by atoms with van der Waals surface area (Å²) < 4.78 is 9.37. The Bertz CT molecular complexity index is 1300. The lowest BCUT2D eigenvalue weighted by molar-refractivity contribution is 0.350. The number of furan rings is 1. The molecule has 8 nitrogen and oxygen atoms in total. The molecule has 1 fully saturated rings. The van der Waals surface area contributed by atoms with Crippen molar-refractivity contribution in [2.45, 2.75) is 37.7 Å². The van der Waals surface area contributed by atoms with E-state index in [0.29, 0.717) is 40.9 Å². The van der Waals surface area contributed by atoms with Crippen molar-refractivity contribution in [2.75, 3.05) is 18.0 Å². The highest BCUT2D eigenvalue weighted by Crippen LogP contribution is 2.30. The van der Waals surface area contributed by atoms with Gasteiger partial charge in [-0.15, -0.1) is 10.2 Å². The number of aromatic nitrogens is 5. The van der Waals surface area contributed by atoms with Crippen LogP contribution in [0.2, 0.25) is 0 Å². The Morgan fingerprint density at radius 1 is 1.09 bits per heavy atom. The third-order valence-electron chi connectivity index (χ3n) is 6.15. The second-order valence-corrected chi connectivity index (χ2v) is 9.94. The van der Waals surface area contributed by atoms with Gasteiger partial charge in [-0.2, -0.15) is 0 Å². The largest absolute Gasteiger partial charge is 0.467 e. The van der Waals surface area contributed by atoms with Crippen LogP contribution >= 0.6 is 11.8 Å². The maximum atomic E-state index is 12.8. The summed E-state index contributed by atoms with van der Waals surface area (Å²) in [6.45, 7) is 7.06. The van der Waals surface area contributed by atoms with Gasteiger partial charge in [0, 0.05) is 20.1 Å². The van der Waals surface area contributed by atoms with E-state index in [2.05, 4.69) is 33.5 Å². The van der Waals surface area contributed by atoms with Gasteiger partial charge in [-0.1, -0.05) is 37.7 Å². The van der Waals surface area contributed by atoms with E-state index in [1.807, 2.05) is 36.4 Å². The highest BCUT2D eigenvalue weighted by Gasteiger charge is 2.27. The van der Waals surface area contributed by atoms with Crippen molar-refractivity contribution >= 4 is 28.6 Å². The number of hydrogen-bond donors (Lipinski definition) is 0. The van der Waals surface area contributed by atoms with E-state index in [9.17, 15) is 4.79 Å². The van der Waals surface area contributed by atoms with Crippen molar-refractivity contribution in [2.24, 2.45) is 18.9 Å². The van der Waals surface area contributed by atoms with Crippen molar-refractivity contribution in [3.8, 4) is 0 Å². The van der Waals surface area contributed by atoms with Crippen LogP contribution in [0.4, 0.5) is 5.95 Å². The Kier molecular flexibility index (Phi) is 5.97. The van der Waals surface area contributed by atoms with Crippen LogP contribution in [0.5, 0.6) is 0 Å². The molecule has 1 aliphatic heterocycles. The lowest BCUT2D eigenvalue weighted by Gasteiger charge is -2.35. The average molecular weight is 465 g/mol. The molecule has 0 spiro atoms. The summed E-state index contributed by atoms with van der Waals surface area (Å²) in [5, 5.41) is 10.5. The Balaban J connectivity index is 1.46. The number of rotatable bonds is 6. The molecule has 0 aliphatic carbocycles. The van der Waals surface area contributed by atoms with Gasteiger partial charge in [-0.25, -0.2) is 4.98 Å². The van der Waals surface area contributed by atoms with Gasteiger partial charge in [0.05, 0.1) is 29.5 Å². The summed E-state index contributed by atoms with van der Waals surface area (Å²) in [4.78, 5) is 19.8. The molecule has 0 amide bonds. The second-order valence-electron chi connectivity index (χ2n) is 9.00. The molecule has 5 rings (SSSR count). The predicted octanol–water partition coefficient (Wildman–Crippen LogP) is 3.94. The quantitative estimate of drug-likeness (QED) is 0.400. The van der Waals surface area contributed by atoms with Gasteiger partial charge < -0.3 is 9.32 Å². The van der Waals surface area contributed by atoms with Crippen molar-refractivity contribution in [3.05, 3.63) is 64.6 Å². The third-order valence-corrected chi connectivity index (χ3v) is 7.11. The van der Waals surface area contributed by atoms with Gasteiger partial charge in [-0.05, 0) is 42.5 Å². The van der Waals surface area contributed by atoms with Gasteiger partial charge in [-0.3, -0.25) is 13.9 Å². The van der Waals surface area contributed by atoms with Gasteiger partial charge in [0.25, 0.3) is 5.56 Å². The van der Waals surface area contributed by atoms with E-state index in [-0.39, 0.29) is 5.56 Å². The number of thioether (sulfide) groups is 1. The monoisotopic (exact) mass is 464 g/mol. The standard InChI is InChI=1S/C24H28N6O2S/c1-16-11-17(2)13-29(12-16)23-26-27-24(30(23)14-18-7-6-10-32-18)33-15-21-25-20-9-5-4-8-19(20)22(31)28(21)3/h4-10,16-17H,11-15H2,1-3H3. The van der Waals surface area contributed by atoms with Crippen molar-refractivity contribution in [1.82, 2.24) is 24.3 Å². The molecular weight excluding hydrogens is 436 g/mol. The number of nitrogens with zero attached hydrogens (tertiary/aromatic N) is 6. The summed E-state index contributed by atoms with van der Waals surface area (Å²) in [6.07, 6.45) is 2.91. The first-order valence-corrected chi connectivity index (χ1v) is 12.3. The van der Waals surface area contributed by atoms with Crippen LogP contribution in [0.1, 0.15) is 31.9 Å². The highest BCUT2D eigenvalue weighted by molar-refractivity contribution is 7.98. The first-order valence-electron chi connectivity index (χ1n) is 11.3. The smallest absolute Gasteiger partial charge is 0.261 e. The molecule has 1 aliphatic rings. The molecule has 1 saturated heterocycles. The molecule has 0 saturated carbocycles. The number of para-hydroxylation sites is 1. The normalized spacial score (nSPS) is 18.8. The molecule has 4 aromatic rings. The minimum absolute atomic E-state index is 0.0368. The van der Waals surface area contributed by atoms with Crippen LogP contribution < -0.4 is 10.5 Å². The van der Waals surface area contributed by atoms with Crippen LogP contribution in [0, 0.1) is 11.8 Å². The summed E-state index contributed by atoms with van der Waals surface area (Å²) >= 11 is 1.54. The molecule has 0 radical (unpaired) electrons. The number of hydrogen-bond acceptors (Lipinski definition) is 7. The molecular formula is C24H28N6O2S. The zero-order valence-electron chi connectivity index (χ0n) is 19.1. The molecule has 33 heavy (non-hydrogen) atoms. The average Bonchev–Trinajstić information content (AvgIpc) is 3.45. The Labute approximate surface area is 196 Å². The van der Waals surface area contributed by atoms with Gasteiger partial charge in [0.1, 0.15) is 11.6 Å². The molecule has 3 aromatic heterocycles. The Morgan fingerprint density at radius 3 is 2.64 bits per heavy atom. The van der Waals surface area contributed by atoms with E-state index < -0.39 is 0 Å². The zero-order valence-corrected chi connectivity index (χ0v) is 20.0. The van der Waals surface area contributed by atoms with E-state index in [0.717, 1.165) is 30.0 Å².